The van der Waals surface area contributed by atoms with Crippen LogP contribution in [0.4, 0.5) is 0 Å². The average molecular weight is 224 g/mol. The molecule has 0 aromatic heterocycles. The summed E-state index contributed by atoms with van der Waals surface area (Å²) in [5, 5.41) is 0.473. The van der Waals surface area contributed by atoms with Crippen LogP contribution in [0, 0.1) is 0 Å². The van der Waals surface area contributed by atoms with Gasteiger partial charge < -0.3 is 5.73 Å². The third-order valence-corrected chi connectivity index (χ3v) is 2.15. The van der Waals surface area contributed by atoms with Crippen LogP contribution < -0.4 is 5.73 Å². The van der Waals surface area contributed by atoms with Crippen LogP contribution in [0.25, 0.3) is 6.08 Å². The molecule has 0 radical (unpaired) electrons. The SMILES string of the molecule is NC(=O)CC=Cc1c(Cl)cccc1C=O. The van der Waals surface area contributed by atoms with Crippen molar-refractivity contribution in [3.05, 3.63) is 40.4 Å². The molecule has 0 spiro atoms. The lowest BCUT2D eigenvalue weighted by Crippen LogP contribution is -2.07. The minimum atomic E-state index is -0.425. The zero-order valence-corrected chi connectivity index (χ0v) is 8.70. The van der Waals surface area contributed by atoms with Crippen LogP contribution in [-0.4, -0.2) is 12.2 Å². The molecule has 0 atom stereocenters. The zero-order chi connectivity index (χ0) is 11.3. The Morgan fingerprint density at radius 1 is 1.47 bits per heavy atom. The molecule has 0 fully saturated rings. The fraction of sp³-hybridized carbons (Fsp3) is 0.0909. The molecule has 78 valence electrons. The molecule has 3 nitrogen and oxygen atoms in total. The number of carbonyl (C=O) groups excluding carboxylic acids is 2. The van der Waals surface area contributed by atoms with Gasteiger partial charge in [-0.3, -0.25) is 9.59 Å². The van der Waals surface area contributed by atoms with Crippen LogP contribution in [-0.2, 0) is 4.79 Å². The molecule has 0 aliphatic heterocycles. The second kappa shape index (κ2) is 5.32. The van der Waals surface area contributed by atoms with Gasteiger partial charge in [0.05, 0.1) is 0 Å². The van der Waals surface area contributed by atoms with E-state index in [0.29, 0.717) is 16.1 Å². The molecule has 1 aromatic rings. The van der Waals surface area contributed by atoms with Gasteiger partial charge in [0.2, 0.25) is 5.91 Å². The van der Waals surface area contributed by atoms with E-state index in [-0.39, 0.29) is 6.42 Å². The van der Waals surface area contributed by atoms with Gasteiger partial charge in [0.25, 0.3) is 0 Å². The molecule has 0 saturated carbocycles. The summed E-state index contributed by atoms with van der Waals surface area (Å²) in [5.41, 5.74) is 6.07. The lowest BCUT2D eigenvalue weighted by molar-refractivity contribution is -0.117. The van der Waals surface area contributed by atoms with Gasteiger partial charge in [-0.1, -0.05) is 35.9 Å². The Kier molecular flexibility index (Phi) is 4.06. The fourth-order valence-electron chi connectivity index (χ4n) is 1.13. The maximum absolute atomic E-state index is 10.7. The minimum Gasteiger partial charge on any atom is -0.369 e. The van der Waals surface area contributed by atoms with Gasteiger partial charge in [0.1, 0.15) is 0 Å². The first-order chi connectivity index (χ1) is 7.15. The quantitative estimate of drug-likeness (QED) is 0.794. The van der Waals surface area contributed by atoms with E-state index in [9.17, 15) is 9.59 Å². The molecule has 1 aromatic carbocycles. The number of amides is 1. The lowest BCUT2D eigenvalue weighted by Gasteiger charge is -2.00. The summed E-state index contributed by atoms with van der Waals surface area (Å²) in [6, 6.07) is 5.03. The molecule has 4 heteroatoms. The van der Waals surface area contributed by atoms with Gasteiger partial charge in [0.15, 0.2) is 6.29 Å². The van der Waals surface area contributed by atoms with Crippen molar-refractivity contribution in [3.8, 4) is 0 Å². The normalized spacial score (nSPS) is 10.5. The first-order valence-corrected chi connectivity index (χ1v) is 4.71. The monoisotopic (exact) mass is 223 g/mol. The number of hydrogen-bond acceptors (Lipinski definition) is 2. The number of rotatable bonds is 4. The Labute approximate surface area is 92.5 Å². The zero-order valence-electron chi connectivity index (χ0n) is 7.94. The highest BCUT2D eigenvalue weighted by Gasteiger charge is 2.02. The van der Waals surface area contributed by atoms with Crippen molar-refractivity contribution < 1.29 is 9.59 Å². The van der Waals surface area contributed by atoms with E-state index in [0.717, 1.165) is 6.29 Å². The maximum Gasteiger partial charge on any atom is 0.221 e. The van der Waals surface area contributed by atoms with E-state index in [4.69, 9.17) is 17.3 Å². The molecule has 0 heterocycles. The summed E-state index contributed by atoms with van der Waals surface area (Å²) in [5.74, 6) is -0.425. The predicted octanol–water partition coefficient (Wildman–Crippen LogP) is 2.04. The number of halogens is 1. The maximum atomic E-state index is 10.7. The van der Waals surface area contributed by atoms with Gasteiger partial charge >= 0.3 is 0 Å². The smallest absolute Gasteiger partial charge is 0.221 e. The third kappa shape index (κ3) is 3.22. The number of carbonyl (C=O) groups is 2. The van der Waals surface area contributed by atoms with E-state index in [1.54, 1.807) is 30.4 Å². The Bertz CT molecular complexity index is 413. The Balaban J connectivity index is 2.97. The van der Waals surface area contributed by atoms with Crippen LogP contribution in [0.2, 0.25) is 5.02 Å². The van der Waals surface area contributed by atoms with Crippen LogP contribution in [0.5, 0.6) is 0 Å². The van der Waals surface area contributed by atoms with Crippen LogP contribution in [0.3, 0.4) is 0 Å². The highest BCUT2D eigenvalue weighted by Crippen LogP contribution is 2.20. The highest BCUT2D eigenvalue weighted by molar-refractivity contribution is 6.32. The number of nitrogens with two attached hydrogens (primary N) is 1. The topological polar surface area (TPSA) is 60.2 Å². The van der Waals surface area contributed by atoms with Crippen LogP contribution >= 0.6 is 11.6 Å². The van der Waals surface area contributed by atoms with Crippen molar-refractivity contribution in [3.63, 3.8) is 0 Å². The van der Waals surface area contributed by atoms with Crippen LogP contribution in [0.1, 0.15) is 22.3 Å². The van der Waals surface area contributed by atoms with Gasteiger partial charge in [-0.15, -0.1) is 0 Å². The Morgan fingerprint density at radius 2 is 2.20 bits per heavy atom. The summed E-state index contributed by atoms with van der Waals surface area (Å²) in [6.45, 7) is 0. The lowest BCUT2D eigenvalue weighted by atomic mass is 10.1. The highest BCUT2D eigenvalue weighted by atomic mass is 35.5. The second-order valence-corrected chi connectivity index (χ2v) is 3.34. The molecule has 0 saturated heterocycles. The molecule has 0 bridgehead atoms. The fourth-order valence-corrected chi connectivity index (χ4v) is 1.37. The second-order valence-electron chi connectivity index (χ2n) is 2.93. The minimum absolute atomic E-state index is 0.128. The standard InChI is InChI=1S/C11H10ClNO2/c12-10-5-1-3-8(7-14)9(10)4-2-6-11(13)15/h1-5,7H,6H2,(H2,13,15). The summed E-state index contributed by atoms with van der Waals surface area (Å²) >= 11 is 5.90. The molecule has 0 aliphatic rings. The van der Waals surface area contributed by atoms with Crippen molar-refractivity contribution in [2.24, 2.45) is 5.73 Å². The molecule has 1 amide bonds. The number of aldehydes is 1. The van der Waals surface area contributed by atoms with E-state index >= 15 is 0 Å². The molecule has 15 heavy (non-hydrogen) atoms. The number of primary amides is 1. The molecule has 1 rings (SSSR count). The molecular weight excluding hydrogens is 214 g/mol. The average Bonchev–Trinajstić information content (AvgIpc) is 2.20. The van der Waals surface area contributed by atoms with Crippen LogP contribution in [0.15, 0.2) is 24.3 Å². The van der Waals surface area contributed by atoms with Crippen molar-refractivity contribution in [1.82, 2.24) is 0 Å². The van der Waals surface area contributed by atoms with E-state index in [1.165, 1.54) is 0 Å². The largest absolute Gasteiger partial charge is 0.369 e. The van der Waals surface area contributed by atoms with E-state index < -0.39 is 5.91 Å². The first kappa shape index (κ1) is 11.5. The van der Waals surface area contributed by atoms with Gasteiger partial charge in [-0.25, -0.2) is 0 Å². The van der Waals surface area contributed by atoms with E-state index in [1.807, 2.05) is 0 Å². The summed E-state index contributed by atoms with van der Waals surface area (Å²) < 4.78 is 0. The van der Waals surface area contributed by atoms with E-state index in [2.05, 4.69) is 0 Å². The summed E-state index contributed by atoms with van der Waals surface area (Å²) in [4.78, 5) is 21.2. The van der Waals surface area contributed by atoms with Crippen molar-refractivity contribution in [2.75, 3.05) is 0 Å². The van der Waals surface area contributed by atoms with Gasteiger partial charge in [0, 0.05) is 22.6 Å². The molecule has 0 aliphatic carbocycles. The predicted molar refractivity (Wildman–Crippen MR) is 59.7 cm³/mol. The Morgan fingerprint density at radius 3 is 2.80 bits per heavy atom. The van der Waals surface area contributed by atoms with Crippen molar-refractivity contribution >= 4 is 29.9 Å². The van der Waals surface area contributed by atoms with Gasteiger partial charge in [-0.2, -0.15) is 0 Å². The summed E-state index contributed by atoms with van der Waals surface area (Å²) in [7, 11) is 0. The third-order valence-electron chi connectivity index (χ3n) is 1.82. The Hall–Kier alpha value is -1.61. The number of benzene rings is 1. The van der Waals surface area contributed by atoms with Crippen molar-refractivity contribution in [2.45, 2.75) is 6.42 Å². The number of hydrogen-bond donors (Lipinski definition) is 1. The van der Waals surface area contributed by atoms with Crippen molar-refractivity contribution in [1.29, 1.82) is 0 Å². The molecule has 2 N–H and O–H groups in total. The molecule has 0 unspecified atom stereocenters. The first-order valence-electron chi connectivity index (χ1n) is 4.33. The van der Waals surface area contributed by atoms with Gasteiger partial charge in [-0.05, 0) is 6.07 Å². The molecular formula is C11H10ClNO2. The summed E-state index contributed by atoms with van der Waals surface area (Å²) in [6.07, 6.45) is 4.05.